The summed E-state index contributed by atoms with van der Waals surface area (Å²) in [6.45, 7) is 5.81. The number of nitrogens with zero attached hydrogens (tertiary/aromatic N) is 1. The molecular weight excluding hydrogens is 274 g/mol. The van der Waals surface area contributed by atoms with Gasteiger partial charge in [0.05, 0.1) is 8.66 Å². The third-order valence-corrected chi connectivity index (χ3v) is 3.85. The minimum atomic E-state index is 0.154. The van der Waals surface area contributed by atoms with Crippen LogP contribution < -0.4 is 0 Å². The number of carbonyl (C=O) groups is 1. The lowest BCUT2D eigenvalue weighted by atomic mass is 10.3. The number of hydrogen-bond donors (Lipinski definition) is 0. The molecule has 0 saturated carbocycles. The van der Waals surface area contributed by atoms with Gasteiger partial charge in [-0.05, 0) is 41.4 Å². The Labute approximate surface area is 103 Å². The van der Waals surface area contributed by atoms with E-state index in [1.807, 2.05) is 24.0 Å². The summed E-state index contributed by atoms with van der Waals surface area (Å²) in [4.78, 5) is 14.7. The van der Waals surface area contributed by atoms with Crippen LogP contribution in [0.25, 0.3) is 0 Å². The third-order valence-electron chi connectivity index (χ3n) is 2.23. The van der Waals surface area contributed by atoms with Crippen molar-refractivity contribution in [3.05, 3.63) is 20.8 Å². The molecule has 0 spiro atoms. The molecular formula is C11H16BrNOS. The predicted octanol–water partition coefficient (Wildman–Crippen LogP) is 3.77. The Bertz CT molecular complexity index is 324. The highest BCUT2D eigenvalue weighted by atomic mass is 79.9. The normalized spacial score (nSPS) is 10.3. The third kappa shape index (κ3) is 3.61. The second-order valence-electron chi connectivity index (χ2n) is 3.34. The molecule has 0 saturated heterocycles. The first-order valence-electron chi connectivity index (χ1n) is 5.23. The van der Waals surface area contributed by atoms with Crippen molar-refractivity contribution in [3.63, 3.8) is 0 Å². The lowest BCUT2D eigenvalue weighted by Gasteiger charge is -2.19. The fraction of sp³-hybridized carbons (Fsp3) is 0.545. The second-order valence-corrected chi connectivity index (χ2v) is 5.81. The molecule has 0 aliphatic heterocycles. The highest BCUT2D eigenvalue weighted by molar-refractivity contribution is 9.11. The minimum Gasteiger partial charge on any atom is -0.338 e. The van der Waals surface area contributed by atoms with E-state index in [9.17, 15) is 4.79 Å². The maximum Gasteiger partial charge on any atom is 0.263 e. The summed E-state index contributed by atoms with van der Waals surface area (Å²) in [6, 6.07) is 3.80. The van der Waals surface area contributed by atoms with E-state index in [2.05, 4.69) is 22.9 Å². The summed E-state index contributed by atoms with van der Waals surface area (Å²) < 4.78 is 1.01. The highest BCUT2D eigenvalue weighted by Crippen LogP contribution is 2.23. The lowest BCUT2D eigenvalue weighted by molar-refractivity contribution is 0.0767. The van der Waals surface area contributed by atoms with E-state index in [-0.39, 0.29) is 5.91 Å². The van der Waals surface area contributed by atoms with E-state index >= 15 is 0 Å². The SMILES string of the molecule is CCCCN(CC)C(=O)c1ccc(Br)s1. The van der Waals surface area contributed by atoms with Crippen molar-refractivity contribution in [1.82, 2.24) is 4.90 Å². The molecule has 0 fully saturated rings. The second kappa shape index (κ2) is 6.28. The molecule has 0 aliphatic carbocycles. The highest BCUT2D eigenvalue weighted by Gasteiger charge is 2.15. The zero-order chi connectivity index (χ0) is 11.3. The minimum absolute atomic E-state index is 0.154. The molecule has 15 heavy (non-hydrogen) atoms. The number of halogens is 1. The fourth-order valence-electron chi connectivity index (χ4n) is 1.34. The average Bonchev–Trinajstić information content (AvgIpc) is 2.65. The fourth-order valence-corrected chi connectivity index (χ4v) is 2.69. The molecule has 1 heterocycles. The van der Waals surface area contributed by atoms with Crippen LogP contribution in [-0.2, 0) is 0 Å². The maximum absolute atomic E-state index is 12.0. The number of hydrogen-bond acceptors (Lipinski definition) is 2. The summed E-state index contributed by atoms with van der Waals surface area (Å²) in [5.74, 6) is 0.154. The summed E-state index contributed by atoms with van der Waals surface area (Å²) >= 11 is 4.87. The van der Waals surface area contributed by atoms with Gasteiger partial charge in [0, 0.05) is 13.1 Å². The lowest BCUT2D eigenvalue weighted by Crippen LogP contribution is -2.31. The Hall–Kier alpha value is -0.350. The smallest absolute Gasteiger partial charge is 0.263 e. The van der Waals surface area contributed by atoms with E-state index in [1.165, 1.54) is 11.3 Å². The zero-order valence-electron chi connectivity index (χ0n) is 9.12. The molecule has 1 amide bonds. The van der Waals surface area contributed by atoms with Gasteiger partial charge >= 0.3 is 0 Å². The van der Waals surface area contributed by atoms with Crippen LogP contribution in [0.1, 0.15) is 36.4 Å². The van der Waals surface area contributed by atoms with Gasteiger partial charge in [0.15, 0.2) is 0 Å². The van der Waals surface area contributed by atoms with Crippen molar-refractivity contribution >= 4 is 33.2 Å². The Kier molecular flexibility index (Phi) is 5.32. The molecule has 0 bridgehead atoms. The zero-order valence-corrected chi connectivity index (χ0v) is 11.5. The van der Waals surface area contributed by atoms with E-state index in [0.717, 1.165) is 34.6 Å². The van der Waals surface area contributed by atoms with E-state index < -0.39 is 0 Å². The van der Waals surface area contributed by atoms with Gasteiger partial charge in [-0.3, -0.25) is 4.79 Å². The van der Waals surface area contributed by atoms with Crippen LogP contribution in [0.2, 0.25) is 0 Å². The van der Waals surface area contributed by atoms with Gasteiger partial charge in [-0.15, -0.1) is 11.3 Å². The van der Waals surface area contributed by atoms with Crippen LogP contribution in [-0.4, -0.2) is 23.9 Å². The molecule has 1 aromatic heterocycles. The number of carbonyl (C=O) groups excluding carboxylic acids is 1. The largest absolute Gasteiger partial charge is 0.338 e. The molecule has 0 aliphatic rings. The first kappa shape index (κ1) is 12.7. The summed E-state index contributed by atoms with van der Waals surface area (Å²) in [5, 5.41) is 0. The molecule has 0 N–H and O–H groups in total. The van der Waals surface area contributed by atoms with Gasteiger partial charge in [0.1, 0.15) is 0 Å². The maximum atomic E-state index is 12.0. The van der Waals surface area contributed by atoms with Gasteiger partial charge in [-0.1, -0.05) is 13.3 Å². The van der Waals surface area contributed by atoms with Crippen LogP contribution in [0, 0.1) is 0 Å². The Morgan fingerprint density at radius 3 is 2.67 bits per heavy atom. The molecule has 4 heteroatoms. The molecule has 0 unspecified atom stereocenters. The summed E-state index contributed by atoms with van der Waals surface area (Å²) in [6.07, 6.45) is 2.20. The Morgan fingerprint density at radius 2 is 2.20 bits per heavy atom. The van der Waals surface area contributed by atoms with Gasteiger partial charge in [0.25, 0.3) is 5.91 Å². The van der Waals surface area contributed by atoms with Crippen molar-refractivity contribution in [2.75, 3.05) is 13.1 Å². The molecule has 84 valence electrons. The van der Waals surface area contributed by atoms with Crippen LogP contribution in [0.15, 0.2) is 15.9 Å². The molecule has 0 aromatic carbocycles. The first-order valence-corrected chi connectivity index (χ1v) is 6.84. The van der Waals surface area contributed by atoms with Gasteiger partial charge in [0.2, 0.25) is 0 Å². The number of thiophene rings is 1. The topological polar surface area (TPSA) is 20.3 Å². The van der Waals surface area contributed by atoms with Crippen molar-refractivity contribution in [2.24, 2.45) is 0 Å². The summed E-state index contributed by atoms with van der Waals surface area (Å²) in [5.41, 5.74) is 0. The van der Waals surface area contributed by atoms with Gasteiger partial charge < -0.3 is 4.90 Å². The van der Waals surface area contributed by atoms with Crippen LogP contribution in [0.4, 0.5) is 0 Å². The van der Waals surface area contributed by atoms with Crippen LogP contribution in [0.5, 0.6) is 0 Å². The first-order chi connectivity index (χ1) is 7.19. The standard InChI is InChI=1S/C11H16BrNOS/c1-3-5-8-13(4-2)11(14)9-6-7-10(12)15-9/h6-7H,3-5,8H2,1-2H3. The van der Waals surface area contributed by atoms with Crippen LogP contribution in [0.3, 0.4) is 0 Å². The van der Waals surface area contributed by atoms with Crippen molar-refractivity contribution in [3.8, 4) is 0 Å². The van der Waals surface area contributed by atoms with Gasteiger partial charge in [-0.2, -0.15) is 0 Å². The molecule has 0 radical (unpaired) electrons. The van der Waals surface area contributed by atoms with Crippen molar-refractivity contribution in [1.29, 1.82) is 0 Å². The monoisotopic (exact) mass is 289 g/mol. The Morgan fingerprint density at radius 1 is 1.47 bits per heavy atom. The quantitative estimate of drug-likeness (QED) is 0.808. The summed E-state index contributed by atoms with van der Waals surface area (Å²) in [7, 11) is 0. The predicted molar refractivity (Wildman–Crippen MR) is 68.5 cm³/mol. The van der Waals surface area contributed by atoms with E-state index in [0.29, 0.717) is 0 Å². The molecule has 0 atom stereocenters. The molecule has 2 nitrogen and oxygen atoms in total. The molecule has 1 aromatic rings. The van der Waals surface area contributed by atoms with E-state index in [4.69, 9.17) is 0 Å². The van der Waals surface area contributed by atoms with Crippen molar-refractivity contribution < 1.29 is 4.79 Å². The van der Waals surface area contributed by atoms with E-state index in [1.54, 1.807) is 0 Å². The number of rotatable bonds is 5. The average molecular weight is 290 g/mol. The van der Waals surface area contributed by atoms with Gasteiger partial charge in [-0.25, -0.2) is 0 Å². The molecule has 1 rings (SSSR count). The number of unbranched alkanes of at least 4 members (excludes halogenated alkanes) is 1. The Balaban J connectivity index is 2.64. The van der Waals surface area contributed by atoms with Crippen molar-refractivity contribution in [2.45, 2.75) is 26.7 Å². The van der Waals surface area contributed by atoms with Crippen LogP contribution >= 0.6 is 27.3 Å². The number of amides is 1.